The van der Waals surface area contributed by atoms with E-state index in [2.05, 4.69) is 0 Å². The molecule has 7 heavy (non-hydrogen) atoms. The molecule has 0 aromatic heterocycles. The third kappa shape index (κ3) is 3.15. The van der Waals surface area contributed by atoms with Crippen LogP contribution in [0.5, 0.6) is 0 Å². The summed E-state index contributed by atoms with van der Waals surface area (Å²) in [5.74, 6) is 0. The average Bonchev–Trinajstić information content (AvgIpc) is 1.31. The van der Waals surface area contributed by atoms with Gasteiger partial charge in [-0.2, -0.15) is 0 Å². The number of nitrogens with zero attached hydrogens (tertiary/aromatic N) is 1. The second kappa shape index (κ2) is 2.21. The second-order valence-electron chi connectivity index (χ2n) is 2.57. The first-order chi connectivity index (χ1) is 2.94. The molecule has 0 rings (SSSR count). The summed E-state index contributed by atoms with van der Waals surface area (Å²) in [6.07, 6.45) is 0. The predicted molar refractivity (Wildman–Crippen MR) is 23.4 cm³/mol. The van der Waals surface area contributed by atoms with Gasteiger partial charge in [-0.25, -0.2) is 0 Å². The second-order valence-corrected chi connectivity index (χ2v) is 3.83. The zero-order valence-electron chi connectivity index (χ0n) is 5.10. The van der Waals surface area contributed by atoms with Crippen LogP contribution in [0.15, 0.2) is 0 Å². The van der Waals surface area contributed by atoms with Crippen molar-refractivity contribution in [2.24, 2.45) is 0 Å². The van der Waals surface area contributed by atoms with E-state index in [4.69, 9.17) is 5.21 Å². The van der Waals surface area contributed by atoms with Gasteiger partial charge in [0.05, 0.1) is 0 Å². The van der Waals surface area contributed by atoms with Gasteiger partial charge < -0.3 is 0 Å². The van der Waals surface area contributed by atoms with Crippen LogP contribution in [0, 0.1) is 0 Å². The molecule has 0 unspecified atom stereocenters. The molecule has 0 aliphatic rings. The molecule has 0 aliphatic heterocycles. The molecule has 39 valence electrons. The van der Waals surface area contributed by atoms with Crippen molar-refractivity contribution in [2.45, 2.75) is 26.3 Å². The Kier molecular flexibility index (Phi) is 2.38. The number of hydroxylamine groups is 1. The summed E-state index contributed by atoms with van der Waals surface area (Å²) < 4.78 is 1.31. The molecule has 0 saturated heterocycles. The van der Waals surface area contributed by atoms with Crippen LogP contribution in [0.4, 0.5) is 0 Å². The van der Waals surface area contributed by atoms with Gasteiger partial charge in [0.15, 0.2) is 0 Å². The van der Waals surface area contributed by atoms with Gasteiger partial charge in [0.1, 0.15) is 0 Å². The fraction of sp³-hybridized carbons (Fsp3) is 1.00. The minimum atomic E-state index is -0.0556. The molecule has 0 bridgehead atoms. The van der Waals surface area contributed by atoms with Crippen LogP contribution in [-0.2, 0) is 18.5 Å². The number of hydrogen-bond acceptors (Lipinski definition) is 2. The van der Waals surface area contributed by atoms with E-state index < -0.39 is 0 Å². The van der Waals surface area contributed by atoms with Gasteiger partial charge in [-0.3, -0.25) is 0 Å². The molecule has 2 nitrogen and oxygen atoms in total. The fourth-order valence-corrected chi connectivity index (χ4v) is 0. The zero-order chi connectivity index (χ0) is 6.08. The van der Waals surface area contributed by atoms with Crippen LogP contribution in [0.25, 0.3) is 0 Å². The van der Waals surface area contributed by atoms with Crippen LogP contribution in [0.3, 0.4) is 0 Å². The van der Waals surface area contributed by atoms with E-state index in [9.17, 15) is 0 Å². The number of rotatable bonds is 0. The number of hydrogen-bond donors (Lipinski definition) is 1. The Morgan fingerprint density at radius 3 is 1.57 bits per heavy atom. The molecular formula is C4H10NOZn. The third-order valence-corrected chi connectivity index (χ3v) is 2.76. The molecule has 0 fully saturated rings. The Balaban J connectivity index is 3.54. The predicted octanol–water partition coefficient (Wildman–Crippen LogP) is 0.938. The van der Waals surface area contributed by atoms with E-state index in [0.29, 0.717) is 0 Å². The van der Waals surface area contributed by atoms with Crippen molar-refractivity contribution in [2.75, 3.05) is 0 Å². The molecule has 0 aromatic carbocycles. The van der Waals surface area contributed by atoms with Crippen LogP contribution in [0.1, 0.15) is 20.8 Å². The summed E-state index contributed by atoms with van der Waals surface area (Å²) >= 11 is 0.809. The van der Waals surface area contributed by atoms with Crippen molar-refractivity contribution in [3.63, 3.8) is 0 Å². The minimum absolute atomic E-state index is 0.0556. The summed E-state index contributed by atoms with van der Waals surface area (Å²) in [6, 6.07) is 0. The Morgan fingerprint density at radius 2 is 1.57 bits per heavy atom. The summed E-state index contributed by atoms with van der Waals surface area (Å²) in [5, 5.41) is 8.78. The molecule has 0 atom stereocenters. The molecular weight excluding hydrogens is 143 g/mol. The van der Waals surface area contributed by atoms with Gasteiger partial charge in [-0.1, -0.05) is 0 Å². The zero-order valence-corrected chi connectivity index (χ0v) is 8.07. The van der Waals surface area contributed by atoms with Gasteiger partial charge in [0.2, 0.25) is 0 Å². The van der Waals surface area contributed by atoms with Gasteiger partial charge >= 0.3 is 53.9 Å². The molecule has 0 amide bonds. The molecule has 0 radical (unpaired) electrons. The third-order valence-electron chi connectivity index (χ3n) is 0.774. The molecule has 0 spiro atoms. The standard InChI is InChI=1S/C4H10NO.Zn/c1-4(2,3)5-6;/h6H,1-3H3;/q-1;+1. The summed E-state index contributed by atoms with van der Waals surface area (Å²) in [6.45, 7) is 5.91. The molecule has 0 aliphatic carbocycles. The van der Waals surface area contributed by atoms with Crippen molar-refractivity contribution >= 4 is 0 Å². The monoisotopic (exact) mass is 152 g/mol. The maximum atomic E-state index is 8.78. The van der Waals surface area contributed by atoms with Gasteiger partial charge in [-0.05, 0) is 0 Å². The van der Waals surface area contributed by atoms with Crippen LogP contribution in [0.2, 0.25) is 0 Å². The average molecular weight is 154 g/mol. The summed E-state index contributed by atoms with van der Waals surface area (Å²) in [4.78, 5) is 0. The van der Waals surface area contributed by atoms with Gasteiger partial charge in [0, 0.05) is 0 Å². The molecule has 0 saturated carbocycles. The topological polar surface area (TPSA) is 23.5 Å². The van der Waals surface area contributed by atoms with Crippen LogP contribution >= 0.6 is 0 Å². The van der Waals surface area contributed by atoms with E-state index in [-0.39, 0.29) is 5.54 Å². The first-order valence-electron chi connectivity index (χ1n) is 2.24. The normalized spacial score (nSPS) is 13.0. The quantitative estimate of drug-likeness (QED) is 0.414. The van der Waals surface area contributed by atoms with Crippen molar-refractivity contribution in [1.82, 2.24) is 3.81 Å². The van der Waals surface area contributed by atoms with Crippen LogP contribution in [-0.4, -0.2) is 14.6 Å². The van der Waals surface area contributed by atoms with Crippen molar-refractivity contribution in [3.8, 4) is 0 Å². The van der Waals surface area contributed by atoms with Crippen LogP contribution < -0.4 is 0 Å². The van der Waals surface area contributed by atoms with Crippen molar-refractivity contribution in [3.05, 3.63) is 0 Å². The van der Waals surface area contributed by atoms with E-state index in [1.165, 1.54) is 3.81 Å². The SMILES string of the molecule is CC(C)(C)[N](O)[Zn]. The maximum absolute atomic E-state index is 8.78. The Labute approximate surface area is 54.4 Å². The van der Waals surface area contributed by atoms with E-state index >= 15 is 0 Å². The first kappa shape index (κ1) is 7.54. The molecule has 3 heteroatoms. The van der Waals surface area contributed by atoms with E-state index in [0.717, 1.165) is 18.5 Å². The Hall–Kier alpha value is 0.543. The van der Waals surface area contributed by atoms with Crippen molar-refractivity contribution in [1.29, 1.82) is 0 Å². The fourth-order valence-electron chi connectivity index (χ4n) is 0. The molecule has 1 N–H and O–H groups in total. The molecule has 0 heterocycles. The Morgan fingerprint density at radius 1 is 1.43 bits per heavy atom. The summed E-state index contributed by atoms with van der Waals surface area (Å²) in [7, 11) is 0. The first-order valence-corrected chi connectivity index (χ1v) is 3.57. The van der Waals surface area contributed by atoms with Crippen molar-refractivity contribution < 1.29 is 23.7 Å². The summed E-state index contributed by atoms with van der Waals surface area (Å²) in [5.41, 5.74) is -0.0556. The molecule has 0 aromatic rings. The van der Waals surface area contributed by atoms with Gasteiger partial charge in [-0.15, -0.1) is 0 Å². The van der Waals surface area contributed by atoms with E-state index in [1.807, 2.05) is 20.8 Å². The van der Waals surface area contributed by atoms with E-state index in [1.54, 1.807) is 0 Å². The van der Waals surface area contributed by atoms with Gasteiger partial charge in [0.25, 0.3) is 0 Å². The Bertz CT molecular complexity index is 57.2.